The van der Waals surface area contributed by atoms with Crippen LogP contribution in [0.4, 0.5) is 0 Å². The number of carbonyl (C=O) groups is 1. The van der Waals surface area contributed by atoms with Crippen LogP contribution < -0.4 is 9.47 Å². The maximum atomic E-state index is 11.6. The Morgan fingerprint density at radius 1 is 1.14 bits per heavy atom. The number of halogens is 1. The van der Waals surface area contributed by atoms with Gasteiger partial charge in [0, 0.05) is 18.1 Å². The van der Waals surface area contributed by atoms with E-state index >= 15 is 0 Å². The van der Waals surface area contributed by atoms with Crippen LogP contribution in [0.15, 0.2) is 48.5 Å². The molecule has 0 saturated carbocycles. The summed E-state index contributed by atoms with van der Waals surface area (Å²) in [5.41, 5.74) is -0.352. The SMILES string of the molecule is O=C(O)C1(Cc2cccc(OCC(O)COc3cccc(Cl)c3)c2)CCCO1. The Morgan fingerprint density at radius 3 is 2.43 bits per heavy atom. The monoisotopic (exact) mass is 406 g/mol. The molecule has 0 spiro atoms. The minimum atomic E-state index is -1.16. The van der Waals surface area contributed by atoms with Gasteiger partial charge in [-0.25, -0.2) is 4.79 Å². The molecular formula is C21H23ClO6. The summed E-state index contributed by atoms with van der Waals surface area (Å²) >= 11 is 5.89. The molecule has 0 aromatic heterocycles. The van der Waals surface area contributed by atoms with Crippen LogP contribution in [0.3, 0.4) is 0 Å². The van der Waals surface area contributed by atoms with Crippen molar-refractivity contribution >= 4 is 17.6 Å². The van der Waals surface area contributed by atoms with E-state index in [2.05, 4.69) is 0 Å². The highest BCUT2D eigenvalue weighted by Crippen LogP contribution is 2.31. The zero-order valence-electron chi connectivity index (χ0n) is 15.3. The molecule has 2 aromatic rings. The molecule has 1 saturated heterocycles. The van der Waals surface area contributed by atoms with E-state index in [9.17, 15) is 15.0 Å². The summed E-state index contributed by atoms with van der Waals surface area (Å²) in [6.07, 6.45) is 0.681. The number of carboxylic acid groups (broad SMARTS) is 1. The molecular weight excluding hydrogens is 384 g/mol. The number of aliphatic hydroxyl groups is 1. The average molecular weight is 407 g/mol. The van der Waals surface area contributed by atoms with Gasteiger partial charge >= 0.3 is 5.97 Å². The number of benzene rings is 2. The first-order valence-corrected chi connectivity index (χ1v) is 9.50. The fourth-order valence-electron chi connectivity index (χ4n) is 3.15. The number of carboxylic acids is 1. The van der Waals surface area contributed by atoms with Gasteiger partial charge in [0.15, 0.2) is 5.60 Å². The molecule has 7 heteroatoms. The summed E-state index contributed by atoms with van der Waals surface area (Å²) in [7, 11) is 0. The van der Waals surface area contributed by atoms with E-state index in [4.69, 9.17) is 25.8 Å². The number of hydrogen-bond acceptors (Lipinski definition) is 5. The first kappa shape index (κ1) is 20.5. The number of rotatable bonds is 9. The smallest absolute Gasteiger partial charge is 0.336 e. The van der Waals surface area contributed by atoms with Gasteiger partial charge in [-0.3, -0.25) is 0 Å². The zero-order valence-corrected chi connectivity index (χ0v) is 16.1. The Labute approximate surface area is 168 Å². The second-order valence-corrected chi connectivity index (χ2v) is 7.25. The van der Waals surface area contributed by atoms with Gasteiger partial charge in [-0.05, 0) is 48.7 Å². The highest BCUT2D eigenvalue weighted by atomic mass is 35.5. The maximum Gasteiger partial charge on any atom is 0.336 e. The summed E-state index contributed by atoms with van der Waals surface area (Å²) in [4.78, 5) is 11.6. The molecule has 1 aliphatic rings. The van der Waals surface area contributed by atoms with Gasteiger partial charge in [0.25, 0.3) is 0 Å². The van der Waals surface area contributed by atoms with E-state index in [-0.39, 0.29) is 19.6 Å². The lowest BCUT2D eigenvalue weighted by Gasteiger charge is -2.23. The molecule has 2 unspecified atom stereocenters. The van der Waals surface area contributed by atoms with E-state index < -0.39 is 17.7 Å². The largest absolute Gasteiger partial charge is 0.491 e. The van der Waals surface area contributed by atoms with Crippen molar-refractivity contribution in [3.8, 4) is 11.5 Å². The predicted octanol–water partition coefficient (Wildman–Crippen LogP) is 3.34. The molecule has 1 fully saturated rings. The van der Waals surface area contributed by atoms with Gasteiger partial charge in [-0.15, -0.1) is 0 Å². The third-order valence-electron chi connectivity index (χ3n) is 4.56. The second-order valence-electron chi connectivity index (χ2n) is 6.81. The van der Waals surface area contributed by atoms with Crippen LogP contribution in [0.25, 0.3) is 0 Å². The quantitative estimate of drug-likeness (QED) is 0.664. The summed E-state index contributed by atoms with van der Waals surface area (Å²) in [6.45, 7) is 0.571. The third kappa shape index (κ3) is 5.38. The standard InChI is InChI=1S/C21H23ClO6/c22-16-5-2-7-19(11-16)27-14-17(23)13-26-18-6-1-4-15(10-18)12-21(20(24)25)8-3-9-28-21/h1-2,4-7,10-11,17,23H,3,8-9,12-14H2,(H,24,25). The molecule has 150 valence electrons. The molecule has 0 radical (unpaired) electrons. The molecule has 1 aliphatic heterocycles. The van der Waals surface area contributed by atoms with Crippen molar-refractivity contribution in [3.05, 3.63) is 59.1 Å². The molecule has 1 heterocycles. The van der Waals surface area contributed by atoms with Crippen molar-refractivity contribution in [3.63, 3.8) is 0 Å². The fraction of sp³-hybridized carbons (Fsp3) is 0.381. The van der Waals surface area contributed by atoms with Crippen LogP contribution in [0.2, 0.25) is 5.02 Å². The Bertz CT molecular complexity index is 803. The van der Waals surface area contributed by atoms with Crippen LogP contribution in [0.5, 0.6) is 11.5 Å². The molecule has 0 aliphatic carbocycles. The summed E-state index contributed by atoms with van der Waals surface area (Å²) < 4.78 is 16.6. The van der Waals surface area contributed by atoms with Gasteiger partial charge in [0.1, 0.15) is 30.8 Å². The fourth-order valence-corrected chi connectivity index (χ4v) is 3.33. The Morgan fingerprint density at radius 2 is 1.82 bits per heavy atom. The number of aliphatic carboxylic acids is 1. The van der Waals surface area contributed by atoms with Crippen LogP contribution >= 0.6 is 11.6 Å². The molecule has 0 bridgehead atoms. The second kappa shape index (κ2) is 9.28. The minimum absolute atomic E-state index is 0.0462. The van der Waals surface area contributed by atoms with Crippen LogP contribution in [0, 0.1) is 0 Å². The lowest BCUT2D eigenvalue weighted by Crippen LogP contribution is -2.40. The maximum absolute atomic E-state index is 11.6. The molecule has 0 amide bonds. The van der Waals surface area contributed by atoms with E-state index in [0.717, 1.165) is 12.0 Å². The van der Waals surface area contributed by atoms with Gasteiger partial charge in [-0.2, -0.15) is 0 Å². The van der Waals surface area contributed by atoms with Crippen molar-refractivity contribution in [2.75, 3.05) is 19.8 Å². The number of hydrogen-bond donors (Lipinski definition) is 2. The van der Waals surface area contributed by atoms with Crippen molar-refractivity contribution in [1.82, 2.24) is 0 Å². The van der Waals surface area contributed by atoms with E-state index in [1.54, 1.807) is 42.5 Å². The Hall–Kier alpha value is -2.28. The first-order chi connectivity index (χ1) is 13.5. The van der Waals surface area contributed by atoms with E-state index in [1.165, 1.54) is 0 Å². The highest BCUT2D eigenvalue weighted by Gasteiger charge is 2.42. The lowest BCUT2D eigenvalue weighted by atomic mass is 9.91. The topological polar surface area (TPSA) is 85.2 Å². The van der Waals surface area contributed by atoms with Crippen LogP contribution in [-0.4, -0.2) is 47.7 Å². The van der Waals surface area contributed by atoms with Crippen molar-refractivity contribution in [2.45, 2.75) is 31.0 Å². The van der Waals surface area contributed by atoms with Crippen LogP contribution in [0.1, 0.15) is 18.4 Å². The molecule has 3 rings (SSSR count). The summed E-state index contributed by atoms with van der Waals surface area (Å²) in [6, 6.07) is 14.1. The number of aliphatic hydroxyl groups excluding tert-OH is 1. The van der Waals surface area contributed by atoms with Gasteiger partial charge in [-0.1, -0.05) is 29.8 Å². The Kier molecular flexibility index (Phi) is 6.78. The Balaban J connectivity index is 1.52. The van der Waals surface area contributed by atoms with Crippen molar-refractivity contribution in [2.24, 2.45) is 0 Å². The summed E-state index contributed by atoms with van der Waals surface area (Å²) in [5, 5.41) is 20.2. The number of ether oxygens (including phenoxy) is 3. The molecule has 2 aromatic carbocycles. The van der Waals surface area contributed by atoms with Crippen molar-refractivity contribution in [1.29, 1.82) is 0 Å². The highest BCUT2D eigenvalue weighted by molar-refractivity contribution is 6.30. The average Bonchev–Trinajstić information content (AvgIpc) is 3.15. The van der Waals surface area contributed by atoms with E-state index in [1.807, 2.05) is 6.07 Å². The minimum Gasteiger partial charge on any atom is -0.491 e. The van der Waals surface area contributed by atoms with Crippen LogP contribution in [-0.2, 0) is 16.0 Å². The third-order valence-corrected chi connectivity index (χ3v) is 4.80. The normalized spacial score (nSPS) is 19.9. The van der Waals surface area contributed by atoms with E-state index in [0.29, 0.717) is 29.5 Å². The zero-order chi connectivity index (χ0) is 20.0. The predicted molar refractivity (Wildman–Crippen MR) is 104 cm³/mol. The molecule has 2 atom stereocenters. The first-order valence-electron chi connectivity index (χ1n) is 9.12. The van der Waals surface area contributed by atoms with Gasteiger partial charge in [0.2, 0.25) is 0 Å². The molecule has 2 N–H and O–H groups in total. The summed E-state index contributed by atoms with van der Waals surface area (Å²) in [5.74, 6) is 0.187. The van der Waals surface area contributed by atoms with Gasteiger partial charge in [0.05, 0.1) is 0 Å². The molecule has 6 nitrogen and oxygen atoms in total. The molecule has 28 heavy (non-hydrogen) atoms. The van der Waals surface area contributed by atoms with Gasteiger partial charge < -0.3 is 24.4 Å². The lowest BCUT2D eigenvalue weighted by molar-refractivity contribution is -0.159. The van der Waals surface area contributed by atoms with Crippen molar-refractivity contribution < 1.29 is 29.2 Å².